The molecule has 5 nitrogen and oxygen atoms in total. The number of nitrogens with one attached hydrogen (secondary N) is 2. The molecule has 25 heavy (non-hydrogen) atoms. The van der Waals surface area contributed by atoms with Crippen molar-refractivity contribution in [1.82, 2.24) is 5.32 Å². The molecular weight excluding hydrogens is 340 g/mol. The van der Waals surface area contributed by atoms with Crippen molar-refractivity contribution >= 4 is 24.0 Å². The van der Waals surface area contributed by atoms with Crippen LogP contribution in [0.4, 0.5) is 5.69 Å². The highest BCUT2D eigenvalue weighted by Crippen LogP contribution is 2.27. The molecule has 140 valence electrons. The third kappa shape index (κ3) is 6.84. The minimum absolute atomic E-state index is 0. The molecule has 1 aliphatic heterocycles. The summed E-state index contributed by atoms with van der Waals surface area (Å²) in [5.41, 5.74) is 1.88. The van der Waals surface area contributed by atoms with E-state index in [1.165, 1.54) is 12.8 Å². The highest BCUT2D eigenvalue weighted by Gasteiger charge is 2.20. The fraction of sp³-hybridized carbons (Fsp3) is 0.632. The standard InChI is InChI=1S/C19H28N2O3.ClH/c1-14-2-5-17(21-19(22)12-20-11-15-3-4-15)10-18(14)24-13-16-6-8-23-9-7-16;/h2,5,10,15-16,20H,3-4,6-9,11-13H2,1H3,(H,21,22);1H. The fourth-order valence-corrected chi connectivity index (χ4v) is 2.87. The molecule has 6 heteroatoms. The van der Waals surface area contributed by atoms with Crippen LogP contribution < -0.4 is 15.4 Å². The van der Waals surface area contributed by atoms with E-state index in [9.17, 15) is 4.79 Å². The highest BCUT2D eigenvalue weighted by atomic mass is 35.5. The zero-order chi connectivity index (χ0) is 16.8. The number of hydrogen-bond donors (Lipinski definition) is 2. The monoisotopic (exact) mass is 368 g/mol. The van der Waals surface area contributed by atoms with E-state index >= 15 is 0 Å². The number of hydrogen-bond acceptors (Lipinski definition) is 4. The molecule has 2 aliphatic rings. The summed E-state index contributed by atoms with van der Waals surface area (Å²) in [6.45, 7) is 5.71. The van der Waals surface area contributed by atoms with Gasteiger partial charge < -0.3 is 20.1 Å². The molecule has 0 spiro atoms. The summed E-state index contributed by atoms with van der Waals surface area (Å²) in [4.78, 5) is 12.0. The maximum atomic E-state index is 12.0. The molecular formula is C19H29ClN2O3. The third-order valence-corrected chi connectivity index (χ3v) is 4.70. The highest BCUT2D eigenvalue weighted by molar-refractivity contribution is 5.92. The average molecular weight is 369 g/mol. The number of halogens is 1. The van der Waals surface area contributed by atoms with Crippen LogP contribution in [0, 0.1) is 18.8 Å². The lowest BCUT2D eigenvalue weighted by Gasteiger charge is -2.22. The first-order chi connectivity index (χ1) is 11.7. The Morgan fingerprint density at radius 1 is 1.20 bits per heavy atom. The predicted octanol–water partition coefficient (Wildman–Crippen LogP) is 3.16. The van der Waals surface area contributed by atoms with Gasteiger partial charge in [0.2, 0.25) is 5.91 Å². The van der Waals surface area contributed by atoms with Gasteiger partial charge in [0.05, 0.1) is 13.2 Å². The summed E-state index contributed by atoms with van der Waals surface area (Å²) >= 11 is 0. The fourth-order valence-electron chi connectivity index (χ4n) is 2.87. The van der Waals surface area contributed by atoms with Crippen LogP contribution in [0.25, 0.3) is 0 Å². The minimum Gasteiger partial charge on any atom is -0.493 e. The zero-order valence-corrected chi connectivity index (χ0v) is 15.7. The second kappa shape index (κ2) is 10.00. The van der Waals surface area contributed by atoms with Gasteiger partial charge in [-0.15, -0.1) is 12.4 Å². The second-order valence-electron chi connectivity index (χ2n) is 6.97. The van der Waals surface area contributed by atoms with Crippen molar-refractivity contribution in [3.63, 3.8) is 0 Å². The number of amides is 1. The van der Waals surface area contributed by atoms with Gasteiger partial charge in [0, 0.05) is 25.0 Å². The Morgan fingerprint density at radius 2 is 1.96 bits per heavy atom. The van der Waals surface area contributed by atoms with Gasteiger partial charge in [0.15, 0.2) is 0 Å². The number of anilines is 1. The Balaban J connectivity index is 0.00000225. The van der Waals surface area contributed by atoms with E-state index in [4.69, 9.17) is 9.47 Å². The molecule has 1 saturated heterocycles. The summed E-state index contributed by atoms with van der Waals surface area (Å²) in [6.07, 6.45) is 4.70. The molecule has 1 aromatic rings. The number of benzene rings is 1. The van der Waals surface area contributed by atoms with Gasteiger partial charge in [-0.1, -0.05) is 6.07 Å². The lowest BCUT2D eigenvalue weighted by molar-refractivity contribution is -0.115. The third-order valence-electron chi connectivity index (χ3n) is 4.70. The Bertz CT molecular complexity index is 558. The molecule has 0 atom stereocenters. The molecule has 2 fully saturated rings. The lowest BCUT2D eigenvalue weighted by Crippen LogP contribution is -2.29. The number of carbonyl (C=O) groups is 1. The molecule has 1 amide bonds. The van der Waals surface area contributed by atoms with Gasteiger partial charge in [0.25, 0.3) is 0 Å². The number of rotatable bonds is 8. The van der Waals surface area contributed by atoms with Crippen molar-refractivity contribution in [3.8, 4) is 5.75 Å². The van der Waals surface area contributed by atoms with Gasteiger partial charge >= 0.3 is 0 Å². The molecule has 1 heterocycles. The molecule has 1 aliphatic carbocycles. The van der Waals surface area contributed by atoms with Crippen molar-refractivity contribution < 1.29 is 14.3 Å². The number of ether oxygens (including phenoxy) is 2. The first kappa shape index (κ1) is 20.0. The van der Waals surface area contributed by atoms with Crippen LogP contribution in [0.15, 0.2) is 18.2 Å². The first-order valence-electron chi connectivity index (χ1n) is 9.02. The van der Waals surface area contributed by atoms with E-state index in [1.54, 1.807) is 0 Å². The normalized spacial score (nSPS) is 17.6. The maximum absolute atomic E-state index is 12.0. The summed E-state index contributed by atoms with van der Waals surface area (Å²) in [6, 6.07) is 5.84. The van der Waals surface area contributed by atoms with Gasteiger partial charge in [-0.25, -0.2) is 0 Å². The van der Waals surface area contributed by atoms with Crippen LogP contribution in [0.1, 0.15) is 31.2 Å². The summed E-state index contributed by atoms with van der Waals surface area (Å²) < 4.78 is 11.4. The van der Waals surface area contributed by atoms with E-state index in [2.05, 4.69) is 10.6 Å². The topological polar surface area (TPSA) is 59.6 Å². The van der Waals surface area contributed by atoms with Crippen molar-refractivity contribution in [2.45, 2.75) is 32.6 Å². The Kier molecular flexibility index (Phi) is 8.00. The number of aryl methyl sites for hydroxylation is 1. The maximum Gasteiger partial charge on any atom is 0.238 e. The van der Waals surface area contributed by atoms with E-state index in [0.29, 0.717) is 19.1 Å². The van der Waals surface area contributed by atoms with Gasteiger partial charge in [-0.3, -0.25) is 4.79 Å². The summed E-state index contributed by atoms with van der Waals surface area (Å²) in [5, 5.41) is 6.15. The zero-order valence-electron chi connectivity index (χ0n) is 14.9. The average Bonchev–Trinajstić information content (AvgIpc) is 3.40. The SMILES string of the molecule is Cc1ccc(NC(=O)CNCC2CC2)cc1OCC1CCOCC1.Cl. The summed E-state index contributed by atoms with van der Waals surface area (Å²) in [7, 11) is 0. The molecule has 0 aromatic heterocycles. The van der Waals surface area contributed by atoms with Crippen LogP contribution in [-0.4, -0.2) is 38.8 Å². The van der Waals surface area contributed by atoms with E-state index < -0.39 is 0 Å². The van der Waals surface area contributed by atoms with Gasteiger partial charge in [-0.2, -0.15) is 0 Å². The second-order valence-corrected chi connectivity index (χ2v) is 6.97. The molecule has 0 radical (unpaired) electrons. The molecule has 0 unspecified atom stereocenters. The predicted molar refractivity (Wildman–Crippen MR) is 102 cm³/mol. The Hall–Kier alpha value is -1.30. The van der Waals surface area contributed by atoms with Gasteiger partial charge in [0.1, 0.15) is 5.75 Å². The molecule has 3 rings (SSSR count). The number of carbonyl (C=O) groups excluding carboxylic acids is 1. The Labute approximate surface area is 156 Å². The smallest absolute Gasteiger partial charge is 0.238 e. The van der Waals surface area contributed by atoms with Crippen LogP contribution in [-0.2, 0) is 9.53 Å². The van der Waals surface area contributed by atoms with Crippen molar-refractivity contribution in [2.75, 3.05) is 38.2 Å². The quantitative estimate of drug-likeness (QED) is 0.740. The van der Waals surface area contributed by atoms with Crippen LogP contribution in [0.5, 0.6) is 5.75 Å². The summed E-state index contributed by atoms with van der Waals surface area (Å²) in [5.74, 6) is 2.19. The Morgan fingerprint density at radius 3 is 2.68 bits per heavy atom. The van der Waals surface area contributed by atoms with Crippen LogP contribution >= 0.6 is 12.4 Å². The lowest BCUT2D eigenvalue weighted by atomic mass is 10.0. The van der Waals surface area contributed by atoms with Crippen molar-refractivity contribution in [1.29, 1.82) is 0 Å². The minimum atomic E-state index is -0.00474. The molecule has 1 aromatic carbocycles. The molecule has 2 N–H and O–H groups in total. The first-order valence-corrected chi connectivity index (χ1v) is 9.02. The van der Waals surface area contributed by atoms with Crippen molar-refractivity contribution in [2.24, 2.45) is 11.8 Å². The van der Waals surface area contributed by atoms with E-state index in [0.717, 1.165) is 55.5 Å². The van der Waals surface area contributed by atoms with Gasteiger partial charge in [-0.05, 0) is 62.6 Å². The van der Waals surface area contributed by atoms with Crippen LogP contribution in [0.2, 0.25) is 0 Å². The van der Waals surface area contributed by atoms with E-state index in [1.807, 2.05) is 25.1 Å². The molecule has 0 bridgehead atoms. The van der Waals surface area contributed by atoms with Crippen molar-refractivity contribution in [3.05, 3.63) is 23.8 Å². The van der Waals surface area contributed by atoms with Crippen LogP contribution in [0.3, 0.4) is 0 Å². The van der Waals surface area contributed by atoms with E-state index in [-0.39, 0.29) is 18.3 Å². The molecule has 1 saturated carbocycles. The largest absolute Gasteiger partial charge is 0.493 e.